The first-order valence-electron chi connectivity index (χ1n) is 3.95. The standard InChI is InChI=1S/C8H10N2O2/c1-2-3-4-7-5-8(7,6-9)10(11)12/h5H,2-4H2,1H3/t8-/m0/s1. The highest BCUT2D eigenvalue weighted by atomic mass is 16.6. The summed E-state index contributed by atoms with van der Waals surface area (Å²) in [5, 5.41) is 19.0. The van der Waals surface area contributed by atoms with Gasteiger partial charge in [-0.15, -0.1) is 0 Å². The van der Waals surface area contributed by atoms with Crippen molar-refractivity contribution in [3.8, 4) is 6.07 Å². The number of unbranched alkanes of at least 4 members (excludes halogenated alkanes) is 1. The molecule has 4 nitrogen and oxygen atoms in total. The van der Waals surface area contributed by atoms with Crippen molar-refractivity contribution in [1.29, 1.82) is 5.26 Å². The van der Waals surface area contributed by atoms with Crippen LogP contribution in [-0.2, 0) is 0 Å². The molecule has 0 saturated heterocycles. The number of hydrogen-bond acceptors (Lipinski definition) is 3. The van der Waals surface area contributed by atoms with E-state index in [9.17, 15) is 10.1 Å². The maximum absolute atomic E-state index is 10.4. The zero-order chi connectivity index (χ0) is 9.19. The van der Waals surface area contributed by atoms with Crippen molar-refractivity contribution in [2.45, 2.75) is 31.7 Å². The van der Waals surface area contributed by atoms with Crippen LogP contribution in [0.1, 0.15) is 26.2 Å². The SMILES string of the molecule is CCCCC1=C[C@@]1(C#N)[N+](=O)[O-]. The predicted octanol–water partition coefficient (Wildman–Crippen LogP) is 1.66. The first-order chi connectivity index (χ1) is 5.67. The summed E-state index contributed by atoms with van der Waals surface area (Å²) in [4.78, 5) is 9.90. The van der Waals surface area contributed by atoms with Gasteiger partial charge in [-0.1, -0.05) is 13.3 Å². The molecule has 12 heavy (non-hydrogen) atoms. The Morgan fingerprint density at radius 2 is 2.50 bits per heavy atom. The molecule has 0 saturated carbocycles. The molecule has 1 atom stereocenters. The van der Waals surface area contributed by atoms with E-state index in [0.717, 1.165) is 12.8 Å². The van der Waals surface area contributed by atoms with Crippen molar-refractivity contribution in [2.75, 3.05) is 0 Å². The lowest BCUT2D eigenvalue weighted by Gasteiger charge is -1.99. The Labute approximate surface area is 70.6 Å². The molecule has 0 aromatic carbocycles. The van der Waals surface area contributed by atoms with Crippen molar-refractivity contribution in [3.05, 3.63) is 21.8 Å². The summed E-state index contributed by atoms with van der Waals surface area (Å²) in [6.07, 6.45) is 4.05. The van der Waals surface area contributed by atoms with Crippen molar-refractivity contribution >= 4 is 0 Å². The molecular weight excluding hydrogens is 156 g/mol. The summed E-state index contributed by atoms with van der Waals surface area (Å²) in [5.41, 5.74) is -0.744. The van der Waals surface area contributed by atoms with E-state index < -0.39 is 10.5 Å². The van der Waals surface area contributed by atoms with Gasteiger partial charge in [0.15, 0.2) is 6.07 Å². The van der Waals surface area contributed by atoms with Crippen LogP contribution in [-0.4, -0.2) is 10.5 Å². The van der Waals surface area contributed by atoms with Crippen LogP contribution in [0.25, 0.3) is 0 Å². The molecule has 0 fully saturated rings. The van der Waals surface area contributed by atoms with E-state index in [0.29, 0.717) is 12.0 Å². The van der Waals surface area contributed by atoms with Crippen LogP contribution in [0.4, 0.5) is 0 Å². The van der Waals surface area contributed by atoms with Crippen LogP contribution in [0.15, 0.2) is 11.6 Å². The van der Waals surface area contributed by atoms with E-state index in [1.54, 1.807) is 6.07 Å². The Balaban J connectivity index is 2.50. The number of nitriles is 1. The maximum atomic E-state index is 10.4. The van der Waals surface area contributed by atoms with Crippen LogP contribution in [0.5, 0.6) is 0 Å². The van der Waals surface area contributed by atoms with E-state index >= 15 is 0 Å². The Morgan fingerprint density at radius 3 is 2.83 bits per heavy atom. The Kier molecular flexibility index (Phi) is 2.13. The van der Waals surface area contributed by atoms with Crippen molar-refractivity contribution < 1.29 is 4.92 Å². The third-order valence-corrected chi connectivity index (χ3v) is 2.05. The molecule has 0 heterocycles. The molecule has 0 aliphatic heterocycles. The van der Waals surface area contributed by atoms with Gasteiger partial charge in [0.05, 0.1) is 4.92 Å². The van der Waals surface area contributed by atoms with Gasteiger partial charge >= 0.3 is 5.54 Å². The number of nitro groups is 1. The van der Waals surface area contributed by atoms with Gasteiger partial charge in [0.2, 0.25) is 0 Å². The average Bonchev–Trinajstić information content (AvgIpc) is 2.76. The zero-order valence-electron chi connectivity index (χ0n) is 6.91. The fourth-order valence-corrected chi connectivity index (χ4v) is 1.16. The first kappa shape index (κ1) is 8.72. The quantitative estimate of drug-likeness (QED) is 0.362. The van der Waals surface area contributed by atoms with Gasteiger partial charge in [0.25, 0.3) is 0 Å². The minimum atomic E-state index is -1.42. The number of rotatable bonds is 4. The lowest BCUT2D eigenvalue weighted by atomic mass is 10.1. The van der Waals surface area contributed by atoms with Gasteiger partial charge in [0.1, 0.15) is 0 Å². The molecule has 0 spiro atoms. The highest BCUT2D eigenvalue weighted by Crippen LogP contribution is 2.40. The molecular formula is C8H10N2O2. The zero-order valence-corrected chi connectivity index (χ0v) is 6.91. The Morgan fingerprint density at radius 1 is 1.83 bits per heavy atom. The van der Waals surface area contributed by atoms with Crippen molar-refractivity contribution in [1.82, 2.24) is 0 Å². The average molecular weight is 166 g/mol. The molecule has 0 aromatic rings. The summed E-state index contributed by atoms with van der Waals surface area (Å²) in [7, 11) is 0. The molecule has 4 heteroatoms. The van der Waals surface area contributed by atoms with Crippen LogP contribution < -0.4 is 0 Å². The smallest absolute Gasteiger partial charge is 0.262 e. The highest BCUT2D eigenvalue weighted by Gasteiger charge is 2.56. The van der Waals surface area contributed by atoms with Crippen molar-refractivity contribution in [3.63, 3.8) is 0 Å². The summed E-state index contributed by atoms with van der Waals surface area (Å²) in [5.74, 6) is 0. The molecule has 0 unspecified atom stereocenters. The largest absolute Gasteiger partial charge is 0.345 e. The molecule has 1 rings (SSSR count). The van der Waals surface area contributed by atoms with Crippen molar-refractivity contribution in [2.24, 2.45) is 0 Å². The Hall–Kier alpha value is -1.37. The van der Waals surface area contributed by atoms with Gasteiger partial charge in [0, 0.05) is 11.6 Å². The third-order valence-electron chi connectivity index (χ3n) is 2.05. The molecule has 1 aliphatic rings. The first-order valence-corrected chi connectivity index (χ1v) is 3.95. The molecule has 1 aliphatic carbocycles. The monoisotopic (exact) mass is 166 g/mol. The van der Waals surface area contributed by atoms with E-state index in [4.69, 9.17) is 5.26 Å². The fourth-order valence-electron chi connectivity index (χ4n) is 1.16. The lowest BCUT2D eigenvalue weighted by molar-refractivity contribution is -0.515. The molecule has 0 aromatic heterocycles. The number of hydrogen-bond donors (Lipinski definition) is 0. The topological polar surface area (TPSA) is 66.9 Å². The van der Waals surface area contributed by atoms with Crippen LogP contribution >= 0.6 is 0 Å². The summed E-state index contributed by atoms with van der Waals surface area (Å²) >= 11 is 0. The van der Waals surface area contributed by atoms with E-state index in [-0.39, 0.29) is 0 Å². The second kappa shape index (κ2) is 2.94. The molecule has 64 valence electrons. The van der Waals surface area contributed by atoms with Gasteiger partial charge < -0.3 is 0 Å². The highest BCUT2D eigenvalue weighted by molar-refractivity contribution is 5.49. The summed E-state index contributed by atoms with van der Waals surface area (Å²) < 4.78 is 0. The minimum absolute atomic E-state index is 0.516. The van der Waals surface area contributed by atoms with Gasteiger partial charge in [-0.25, -0.2) is 0 Å². The van der Waals surface area contributed by atoms with E-state index in [1.807, 2.05) is 6.92 Å². The fraction of sp³-hybridized carbons (Fsp3) is 0.625. The summed E-state index contributed by atoms with van der Waals surface area (Å²) in [6.45, 7) is 2.02. The second-order valence-corrected chi connectivity index (χ2v) is 2.91. The molecule has 0 bridgehead atoms. The maximum Gasteiger partial charge on any atom is 0.345 e. The van der Waals surface area contributed by atoms with Gasteiger partial charge in [-0.2, -0.15) is 5.26 Å². The third kappa shape index (κ3) is 1.18. The van der Waals surface area contributed by atoms with Gasteiger partial charge in [-0.3, -0.25) is 10.1 Å². The van der Waals surface area contributed by atoms with Crippen LogP contribution in [0.3, 0.4) is 0 Å². The van der Waals surface area contributed by atoms with Crippen LogP contribution in [0.2, 0.25) is 0 Å². The molecule has 0 amide bonds. The normalized spacial score (nSPS) is 25.8. The predicted molar refractivity (Wildman–Crippen MR) is 42.9 cm³/mol. The van der Waals surface area contributed by atoms with E-state index in [1.165, 1.54) is 6.08 Å². The second-order valence-electron chi connectivity index (χ2n) is 2.91. The molecule has 0 N–H and O–H groups in total. The number of nitrogens with zero attached hydrogens (tertiary/aromatic N) is 2. The lowest BCUT2D eigenvalue weighted by Crippen LogP contribution is -2.23. The van der Waals surface area contributed by atoms with Gasteiger partial charge in [-0.05, 0) is 12.8 Å². The summed E-state index contributed by atoms with van der Waals surface area (Å²) in [6, 6.07) is 1.72. The van der Waals surface area contributed by atoms with E-state index in [2.05, 4.69) is 0 Å². The van der Waals surface area contributed by atoms with Crippen LogP contribution in [0, 0.1) is 21.4 Å². The Bertz CT molecular complexity index is 277. The minimum Gasteiger partial charge on any atom is -0.262 e. The molecule has 0 radical (unpaired) electrons.